The topological polar surface area (TPSA) is 51.2 Å². The molecule has 0 aliphatic heterocycles. The molecule has 1 heterocycles. The van der Waals surface area contributed by atoms with Crippen molar-refractivity contribution in [2.24, 2.45) is 0 Å². The van der Waals surface area contributed by atoms with Crippen molar-refractivity contribution in [3.8, 4) is 5.75 Å². The highest BCUT2D eigenvalue weighted by Gasteiger charge is 2.08. The molecule has 0 saturated carbocycles. The predicted molar refractivity (Wildman–Crippen MR) is 81.5 cm³/mol. The molecule has 0 bridgehead atoms. The van der Waals surface area contributed by atoms with E-state index in [2.05, 4.69) is 10.3 Å². The molecule has 2 aromatic rings. The van der Waals surface area contributed by atoms with Crippen LogP contribution in [0, 0.1) is 13.8 Å². The number of aryl methyl sites for hydroxylation is 3. The molecule has 1 aromatic heterocycles. The van der Waals surface area contributed by atoms with E-state index in [0.717, 1.165) is 21.9 Å². The maximum atomic E-state index is 11.9. The Hall–Kier alpha value is -1.88. The summed E-state index contributed by atoms with van der Waals surface area (Å²) in [5.74, 6) is 0.821. The van der Waals surface area contributed by atoms with Gasteiger partial charge in [-0.1, -0.05) is 12.1 Å². The van der Waals surface area contributed by atoms with E-state index in [0.29, 0.717) is 18.0 Å². The number of aromatic nitrogens is 1. The van der Waals surface area contributed by atoms with Crippen molar-refractivity contribution in [3.05, 3.63) is 40.4 Å². The lowest BCUT2D eigenvalue weighted by molar-refractivity contribution is -0.116. The zero-order valence-corrected chi connectivity index (χ0v) is 12.7. The molecule has 0 saturated heterocycles. The first-order valence-electron chi connectivity index (χ1n) is 6.45. The van der Waals surface area contributed by atoms with E-state index >= 15 is 0 Å². The minimum atomic E-state index is -0.00503. The Morgan fingerprint density at radius 3 is 2.55 bits per heavy atom. The molecule has 0 spiro atoms. The van der Waals surface area contributed by atoms with Gasteiger partial charge in [0.25, 0.3) is 0 Å². The quantitative estimate of drug-likeness (QED) is 0.919. The van der Waals surface area contributed by atoms with Gasteiger partial charge in [0.1, 0.15) is 5.75 Å². The molecule has 0 aliphatic carbocycles. The van der Waals surface area contributed by atoms with Crippen LogP contribution < -0.4 is 10.1 Å². The van der Waals surface area contributed by atoms with E-state index in [4.69, 9.17) is 4.74 Å². The second-order valence-electron chi connectivity index (χ2n) is 4.56. The molecule has 0 unspecified atom stereocenters. The summed E-state index contributed by atoms with van der Waals surface area (Å²) in [4.78, 5) is 17.3. The third-order valence-electron chi connectivity index (χ3n) is 3.07. The number of rotatable bonds is 5. The second kappa shape index (κ2) is 6.52. The Labute approximate surface area is 122 Å². The van der Waals surface area contributed by atoms with Crippen LogP contribution in [0.5, 0.6) is 5.75 Å². The summed E-state index contributed by atoms with van der Waals surface area (Å²) in [6.45, 7) is 3.94. The van der Waals surface area contributed by atoms with Crippen LogP contribution in [0.25, 0.3) is 0 Å². The molecule has 1 aromatic carbocycles. The van der Waals surface area contributed by atoms with Crippen LogP contribution >= 0.6 is 11.3 Å². The van der Waals surface area contributed by atoms with Crippen molar-refractivity contribution in [2.75, 3.05) is 12.4 Å². The minimum Gasteiger partial charge on any atom is -0.497 e. The van der Waals surface area contributed by atoms with Crippen molar-refractivity contribution < 1.29 is 9.53 Å². The minimum absolute atomic E-state index is 0.00503. The van der Waals surface area contributed by atoms with Crippen molar-refractivity contribution in [3.63, 3.8) is 0 Å². The Kier molecular flexibility index (Phi) is 4.74. The summed E-state index contributed by atoms with van der Waals surface area (Å²) in [5.41, 5.74) is 2.09. The zero-order chi connectivity index (χ0) is 14.5. The van der Waals surface area contributed by atoms with E-state index in [9.17, 15) is 4.79 Å². The van der Waals surface area contributed by atoms with Gasteiger partial charge in [-0.25, -0.2) is 4.98 Å². The normalized spacial score (nSPS) is 10.3. The Morgan fingerprint density at radius 1 is 1.30 bits per heavy atom. The summed E-state index contributed by atoms with van der Waals surface area (Å²) < 4.78 is 5.10. The zero-order valence-electron chi connectivity index (χ0n) is 11.9. The maximum absolute atomic E-state index is 11.9. The van der Waals surface area contributed by atoms with Gasteiger partial charge >= 0.3 is 0 Å². The highest BCUT2D eigenvalue weighted by atomic mass is 32.1. The molecular weight excluding hydrogens is 272 g/mol. The average molecular weight is 290 g/mol. The number of anilines is 1. The Balaban J connectivity index is 1.85. The van der Waals surface area contributed by atoms with Gasteiger partial charge < -0.3 is 10.1 Å². The Morgan fingerprint density at radius 2 is 2.00 bits per heavy atom. The number of nitrogens with one attached hydrogen (secondary N) is 1. The number of hydrogen-bond donors (Lipinski definition) is 1. The Bertz CT molecular complexity index is 571. The molecule has 5 heteroatoms. The van der Waals surface area contributed by atoms with Gasteiger partial charge in [0.2, 0.25) is 5.91 Å². The monoisotopic (exact) mass is 290 g/mol. The van der Waals surface area contributed by atoms with Crippen LogP contribution in [0.1, 0.15) is 22.6 Å². The van der Waals surface area contributed by atoms with Gasteiger partial charge in [-0.05, 0) is 38.0 Å². The lowest BCUT2D eigenvalue weighted by atomic mass is 10.1. The third kappa shape index (κ3) is 3.81. The summed E-state index contributed by atoms with van der Waals surface area (Å²) in [7, 11) is 1.64. The van der Waals surface area contributed by atoms with E-state index in [1.807, 2.05) is 38.1 Å². The molecular formula is C15H18N2O2S. The molecule has 4 nitrogen and oxygen atoms in total. The number of amides is 1. The average Bonchev–Trinajstić information content (AvgIpc) is 2.75. The highest BCUT2D eigenvalue weighted by molar-refractivity contribution is 7.15. The van der Waals surface area contributed by atoms with Crippen LogP contribution in [0.15, 0.2) is 24.3 Å². The number of hydrogen-bond acceptors (Lipinski definition) is 4. The van der Waals surface area contributed by atoms with Crippen molar-refractivity contribution in [2.45, 2.75) is 26.7 Å². The van der Waals surface area contributed by atoms with Crippen molar-refractivity contribution in [1.29, 1.82) is 0 Å². The van der Waals surface area contributed by atoms with Crippen LogP contribution in [-0.4, -0.2) is 18.0 Å². The summed E-state index contributed by atoms with van der Waals surface area (Å²) in [6.07, 6.45) is 1.16. The van der Waals surface area contributed by atoms with Crippen LogP contribution in [0.4, 0.5) is 5.13 Å². The number of methoxy groups -OCH3 is 1. The largest absolute Gasteiger partial charge is 0.497 e. The number of carbonyl (C=O) groups excluding carboxylic acids is 1. The fourth-order valence-corrected chi connectivity index (χ4v) is 2.59. The number of carbonyl (C=O) groups is 1. The SMILES string of the molecule is COc1ccc(CCC(=O)Nc2nc(C)c(C)s2)cc1. The first-order valence-corrected chi connectivity index (χ1v) is 7.27. The predicted octanol–water partition coefficient (Wildman–Crippen LogP) is 3.34. The summed E-state index contributed by atoms with van der Waals surface area (Å²) >= 11 is 1.51. The fourth-order valence-electron chi connectivity index (χ4n) is 1.76. The van der Waals surface area contributed by atoms with Gasteiger partial charge in [0.15, 0.2) is 5.13 Å². The number of benzene rings is 1. The standard InChI is InChI=1S/C15H18N2O2S/c1-10-11(2)20-15(16-10)17-14(18)9-6-12-4-7-13(19-3)8-5-12/h4-5,7-8H,6,9H2,1-3H3,(H,16,17,18). The fraction of sp³-hybridized carbons (Fsp3) is 0.333. The molecule has 106 valence electrons. The van der Waals surface area contributed by atoms with Gasteiger partial charge in [0, 0.05) is 11.3 Å². The van der Waals surface area contributed by atoms with E-state index in [1.54, 1.807) is 7.11 Å². The van der Waals surface area contributed by atoms with Gasteiger partial charge in [0.05, 0.1) is 12.8 Å². The van der Waals surface area contributed by atoms with Gasteiger partial charge in [-0.3, -0.25) is 4.79 Å². The van der Waals surface area contributed by atoms with E-state index in [-0.39, 0.29) is 5.91 Å². The van der Waals surface area contributed by atoms with Crippen molar-refractivity contribution in [1.82, 2.24) is 4.98 Å². The molecule has 0 aliphatic rings. The highest BCUT2D eigenvalue weighted by Crippen LogP contribution is 2.21. The van der Waals surface area contributed by atoms with Crippen LogP contribution in [-0.2, 0) is 11.2 Å². The molecule has 0 radical (unpaired) electrons. The third-order valence-corrected chi connectivity index (χ3v) is 4.06. The molecule has 2 rings (SSSR count). The first-order chi connectivity index (χ1) is 9.58. The number of thiazole rings is 1. The summed E-state index contributed by atoms with van der Waals surface area (Å²) in [5, 5.41) is 3.52. The molecule has 0 fully saturated rings. The van der Waals surface area contributed by atoms with Gasteiger partial charge in [-0.15, -0.1) is 11.3 Å². The van der Waals surface area contributed by atoms with E-state index < -0.39 is 0 Å². The van der Waals surface area contributed by atoms with E-state index in [1.165, 1.54) is 11.3 Å². The maximum Gasteiger partial charge on any atom is 0.226 e. The lowest BCUT2D eigenvalue weighted by Gasteiger charge is -2.04. The molecule has 20 heavy (non-hydrogen) atoms. The molecule has 0 atom stereocenters. The smallest absolute Gasteiger partial charge is 0.226 e. The molecule has 1 amide bonds. The molecule has 1 N–H and O–H groups in total. The van der Waals surface area contributed by atoms with Crippen molar-refractivity contribution >= 4 is 22.4 Å². The van der Waals surface area contributed by atoms with Gasteiger partial charge in [-0.2, -0.15) is 0 Å². The summed E-state index contributed by atoms with van der Waals surface area (Å²) in [6, 6.07) is 7.76. The lowest BCUT2D eigenvalue weighted by Crippen LogP contribution is -2.12. The first kappa shape index (κ1) is 14.5. The van der Waals surface area contributed by atoms with Crippen LogP contribution in [0.3, 0.4) is 0 Å². The number of nitrogens with zero attached hydrogens (tertiary/aromatic N) is 1. The van der Waals surface area contributed by atoms with Crippen LogP contribution in [0.2, 0.25) is 0 Å². The number of ether oxygens (including phenoxy) is 1. The second-order valence-corrected chi connectivity index (χ2v) is 5.76.